The highest BCUT2D eigenvalue weighted by Gasteiger charge is 2.63. The van der Waals surface area contributed by atoms with Crippen molar-refractivity contribution < 1.29 is 33.0 Å². The number of aliphatic hydroxyl groups excluding tert-OH is 1. The van der Waals surface area contributed by atoms with Crippen LogP contribution in [0.5, 0.6) is 0 Å². The van der Waals surface area contributed by atoms with Gasteiger partial charge in [0.1, 0.15) is 0 Å². The number of fused-ring (bicyclic) bond motifs is 1. The van der Waals surface area contributed by atoms with Gasteiger partial charge in [-0.15, -0.1) is 11.3 Å². The zero-order chi connectivity index (χ0) is 28.5. The Labute approximate surface area is 233 Å². The minimum atomic E-state index is -4.85. The third-order valence-electron chi connectivity index (χ3n) is 9.63. The molecule has 3 aliphatic rings. The van der Waals surface area contributed by atoms with Crippen LogP contribution in [0.2, 0.25) is 4.34 Å². The molecule has 5 rings (SSSR count). The maximum Gasteiger partial charge on any atom is 0.433 e. The Morgan fingerprint density at radius 1 is 1.23 bits per heavy atom. The normalized spacial score (nSPS) is 30.6. The predicted octanol–water partition coefficient (Wildman–Crippen LogP) is 6.43. The van der Waals surface area contributed by atoms with E-state index in [-0.39, 0.29) is 43.7 Å². The van der Waals surface area contributed by atoms with Crippen LogP contribution in [0.25, 0.3) is 0 Å². The van der Waals surface area contributed by atoms with Gasteiger partial charge in [0.2, 0.25) is 0 Å². The molecule has 0 spiro atoms. The Bertz CT molecular complexity index is 1250. The standard InChI is InChI=1S/C27H33ClF3N3O4S/c1-25(2)18-10-15(11-19(18)25)33(13-20(35)16-6-9-39-22(16)28)23(36)17-12-32-34(21(17)27(29,30)31)14-4-7-26(3,8-5-14)24(37)38/h6,9,12,14-15,18-20,35H,4-5,7-8,10-11,13H2,1-3H3,(H,37,38)/t14?,15?,18-,19+,20?,26?. The summed E-state index contributed by atoms with van der Waals surface area (Å²) in [6, 6.07) is 0.685. The number of carboxylic acids is 1. The summed E-state index contributed by atoms with van der Waals surface area (Å²) in [6.07, 6.45) is -2.83. The van der Waals surface area contributed by atoms with Crippen LogP contribution >= 0.6 is 22.9 Å². The molecule has 3 aliphatic carbocycles. The molecule has 4 atom stereocenters. The lowest BCUT2D eigenvalue weighted by Crippen LogP contribution is -2.43. The molecule has 214 valence electrons. The molecule has 2 heterocycles. The van der Waals surface area contributed by atoms with Crippen LogP contribution in [0.3, 0.4) is 0 Å². The number of rotatable bonds is 7. The van der Waals surface area contributed by atoms with E-state index in [9.17, 15) is 33.0 Å². The Balaban J connectivity index is 1.45. The summed E-state index contributed by atoms with van der Waals surface area (Å²) < 4.78 is 44.7. The molecule has 0 aromatic carbocycles. The van der Waals surface area contributed by atoms with Gasteiger partial charge in [-0.05, 0) is 74.1 Å². The van der Waals surface area contributed by atoms with E-state index in [2.05, 4.69) is 18.9 Å². The smallest absolute Gasteiger partial charge is 0.433 e. The van der Waals surface area contributed by atoms with E-state index in [1.54, 1.807) is 18.4 Å². The number of carbonyl (C=O) groups excluding carboxylic acids is 1. The quantitative estimate of drug-likeness (QED) is 0.389. The first-order valence-corrected chi connectivity index (χ1v) is 14.5. The van der Waals surface area contributed by atoms with E-state index in [1.807, 2.05) is 0 Å². The number of hydrogen-bond acceptors (Lipinski definition) is 5. The Kier molecular flexibility index (Phi) is 7.12. The summed E-state index contributed by atoms with van der Waals surface area (Å²) in [6.45, 7) is 5.75. The largest absolute Gasteiger partial charge is 0.481 e. The van der Waals surface area contributed by atoms with Gasteiger partial charge >= 0.3 is 12.1 Å². The van der Waals surface area contributed by atoms with Gasteiger partial charge in [-0.2, -0.15) is 18.3 Å². The third kappa shape index (κ3) is 4.99. The van der Waals surface area contributed by atoms with Crippen LogP contribution in [0.15, 0.2) is 17.6 Å². The van der Waals surface area contributed by atoms with Crippen molar-refractivity contribution in [3.05, 3.63) is 38.8 Å². The lowest BCUT2D eigenvalue weighted by atomic mass is 9.74. The van der Waals surface area contributed by atoms with E-state index < -0.39 is 46.9 Å². The van der Waals surface area contributed by atoms with E-state index in [1.165, 1.54) is 16.2 Å². The second-order valence-corrected chi connectivity index (χ2v) is 13.7. The number of hydrogen-bond donors (Lipinski definition) is 2. The Hall–Kier alpha value is -2.11. The summed E-state index contributed by atoms with van der Waals surface area (Å²) in [7, 11) is 0. The van der Waals surface area contributed by atoms with Crippen molar-refractivity contribution in [1.29, 1.82) is 0 Å². The number of thiophene rings is 1. The number of aromatic nitrogens is 2. The number of alkyl halides is 3. The summed E-state index contributed by atoms with van der Waals surface area (Å²) in [5.41, 5.74) is -2.06. The maximum absolute atomic E-state index is 14.5. The van der Waals surface area contributed by atoms with Gasteiger partial charge < -0.3 is 15.1 Å². The number of nitrogens with zero attached hydrogens (tertiary/aromatic N) is 3. The molecule has 0 radical (unpaired) electrons. The van der Waals surface area contributed by atoms with Crippen LogP contribution in [0.1, 0.15) is 93.1 Å². The zero-order valence-corrected chi connectivity index (χ0v) is 23.6. The average molecular weight is 588 g/mol. The van der Waals surface area contributed by atoms with Crippen LogP contribution in [0, 0.1) is 22.7 Å². The minimum Gasteiger partial charge on any atom is -0.481 e. The molecule has 2 unspecified atom stereocenters. The maximum atomic E-state index is 14.5. The lowest BCUT2D eigenvalue weighted by Gasteiger charge is -2.35. The molecular formula is C27H33ClF3N3O4S. The average Bonchev–Trinajstić information content (AvgIpc) is 3.42. The van der Waals surface area contributed by atoms with Crippen molar-refractivity contribution in [2.75, 3.05) is 6.54 Å². The molecular weight excluding hydrogens is 555 g/mol. The lowest BCUT2D eigenvalue weighted by molar-refractivity contribution is -0.152. The van der Waals surface area contributed by atoms with Crippen molar-refractivity contribution in [3.8, 4) is 0 Å². The second-order valence-electron chi connectivity index (χ2n) is 12.2. The fourth-order valence-corrected chi connectivity index (χ4v) is 7.90. The molecule has 39 heavy (non-hydrogen) atoms. The van der Waals surface area contributed by atoms with Gasteiger partial charge in [0.25, 0.3) is 5.91 Å². The van der Waals surface area contributed by atoms with Gasteiger partial charge in [-0.25, -0.2) is 0 Å². The Morgan fingerprint density at radius 2 is 1.85 bits per heavy atom. The van der Waals surface area contributed by atoms with E-state index in [0.29, 0.717) is 34.6 Å². The molecule has 12 heteroatoms. The van der Waals surface area contributed by atoms with Gasteiger partial charge in [0.15, 0.2) is 5.69 Å². The van der Waals surface area contributed by atoms with Gasteiger partial charge in [0, 0.05) is 11.6 Å². The minimum absolute atomic E-state index is 0.147. The highest BCUT2D eigenvalue weighted by atomic mass is 35.5. The summed E-state index contributed by atoms with van der Waals surface area (Å²) >= 11 is 7.45. The highest BCUT2D eigenvalue weighted by molar-refractivity contribution is 7.14. The Morgan fingerprint density at radius 3 is 2.36 bits per heavy atom. The first kappa shape index (κ1) is 28.4. The molecule has 0 bridgehead atoms. The SMILES string of the molecule is CC1(C(=O)O)CCC(n2ncc(C(=O)N(CC(O)c3ccsc3Cl)C3C[C@@H]4[C@H](C3)C4(C)C)c2C(F)(F)F)CC1. The van der Waals surface area contributed by atoms with Crippen LogP contribution in [-0.2, 0) is 11.0 Å². The van der Waals surface area contributed by atoms with Crippen LogP contribution in [0.4, 0.5) is 13.2 Å². The van der Waals surface area contributed by atoms with Gasteiger partial charge in [0.05, 0.1) is 40.2 Å². The summed E-state index contributed by atoms with van der Waals surface area (Å²) in [5, 5.41) is 26.2. The molecule has 2 N–H and O–H groups in total. The first-order chi connectivity index (χ1) is 18.1. The van der Waals surface area contributed by atoms with Gasteiger partial charge in [-0.1, -0.05) is 25.4 Å². The van der Waals surface area contributed by atoms with E-state index in [4.69, 9.17) is 11.6 Å². The van der Waals surface area contributed by atoms with Crippen molar-refractivity contribution in [2.45, 2.75) is 83.7 Å². The number of carbonyl (C=O) groups is 2. The van der Waals surface area contributed by atoms with Crippen molar-refractivity contribution >= 4 is 34.8 Å². The monoisotopic (exact) mass is 587 g/mol. The number of aliphatic carboxylic acids is 1. The molecule has 2 aromatic rings. The molecule has 0 aliphatic heterocycles. The predicted molar refractivity (Wildman–Crippen MR) is 140 cm³/mol. The number of aliphatic hydroxyl groups is 1. The topological polar surface area (TPSA) is 95.7 Å². The summed E-state index contributed by atoms with van der Waals surface area (Å²) in [5.74, 6) is -1.01. The fourth-order valence-electron chi connectivity index (χ4n) is 6.89. The molecule has 0 saturated heterocycles. The molecule has 2 aromatic heterocycles. The van der Waals surface area contributed by atoms with Crippen molar-refractivity contribution in [3.63, 3.8) is 0 Å². The van der Waals surface area contributed by atoms with Crippen LogP contribution < -0.4 is 0 Å². The van der Waals surface area contributed by atoms with Crippen molar-refractivity contribution in [2.24, 2.45) is 22.7 Å². The third-order valence-corrected chi connectivity index (χ3v) is 10.8. The molecule has 3 fully saturated rings. The zero-order valence-electron chi connectivity index (χ0n) is 22.0. The molecule has 1 amide bonds. The number of carboxylic acid groups (broad SMARTS) is 1. The van der Waals surface area contributed by atoms with E-state index >= 15 is 0 Å². The van der Waals surface area contributed by atoms with Gasteiger partial charge in [-0.3, -0.25) is 14.3 Å². The highest BCUT2D eigenvalue weighted by Crippen LogP contribution is 2.67. The van der Waals surface area contributed by atoms with Crippen molar-refractivity contribution in [1.82, 2.24) is 14.7 Å². The van der Waals surface area contributed by atoms with E-state index in [0.717, 1.165) is 10.9 Å². The fraction of sp³-hybridized carbons (Fsp3) is 0.667. The number of amides is 1. The summed E-state index contributed by atoms with van der Waals surface area (Å²) in [4.78, 5) is 26.9. The molecule has 3 saturated carbocycles. The number of halogens is 4. The van der Waals surface area contributed by atoms with Crippen LogP contribution in [-0.4, -0.2) is 49.4 Å². The second kappa shape index (κ2) is 9.76. The molecule has 7 nitrogen and oxygen atoms in total. The first-order valence-electron chi connectivity index (χ1n) is 13.2.